The molecule has 0 unspecified atom stereocenters. The van der Waals surface area contributed by atoms with Crippen LogP contribution < -0.4 is 0 Å². The summed E-state index contributed by atoms with van der Waals surface area (Å²) in [6, 6.07) is 4.23. The van der Waals surface area contributed by atoms with Crippen molar-refractivity contribution in [3.63, 3.8) is 0 Å². The van der Waals surface area contributed by atoms with Gasteiger partial charge in [-0.05, 0) is 31.1 Å². The Morgan fingerprint density at radius 2 is 2.20 bits per heavy atom. The molecule has 2 heterocycles. The molecule has 15 heavy (non-hydrogen) atoms. The third-order valence-electron chi connectivity index (χ3n) is 3.45. The van der Waals surface area contributed by atoms with Crippen LogP contribution in [0.2, 0.25) is 0 Å². The predicted molar refractivity (Wildman–Crippen MR) is 64.5 cm³/mol. The fraction of sp³-hybridized carbons (Fsp3) is 0.462. The Hall–Kier alpha value is -1.31. The molecule has 0 fully saturated rings. The first kappa shape index (κ1) is 10.2. The molecule has 0 aliphatic carbocycles. The molecule has 1 aliphatic rings. The van der Waals surface area contributed by atoms with Crippen molar-refractivity contribution in [2.75, 3.05) is 6.54 Å². The van der Waals surface area contributed by atoms with Gasteiger partial charge < -0.3 is 4.98 Å². The smallest absolute Gasteiger partial charge is 0.0577 e. The summed E-state index contributed by atoms with van der Waals surface area (Å²) in [5, 5.41) is 0. The molecular formula is C13H18N2. The first-order chi connectivity index (χ1) is 7.33. The zero-order valence-electron chi connectivity index (χ0n) is 9.46. The van der Waals surface area contributed by atoms with Crippen LogP contribution in [0.4, 0.5) is 0 Å². The van der Waals surface area contributed by atoms with Gasteiger partial charge >= 0.3 is 0 Å². The molecule has 0 amide bonds. The number of aromatic nitrogens is 1. The van der Waals surface area contributed by atoms with E-state index in [2.05, 4.69) is 48.1 Å². The van der Waals surface area contributed by atoms with Gasteiger partial charge in [-0.25, -0.2) is 0 Å². The Kier molecular flexibility index (Phi) is 2.76. The molecule has 80 valence electrons. The van der Waals surface area contributed by atoms with Crippen molar-refractivity contribution in [1.29, 1.82) is 0 Å². The van der Waals surface area contributed by atoms with Gasteiger partial charge in [0.2, 0.25) is 0 Å². The van der Waals surface area contributed by atoms with Crippen LogP contribution in [-0.4, -0.2) is 17.2 Å². The van der Waals surface area contributed by atoms with Crippen LogP contribution >= 0.6 is 0 Å². The van der Waals surface area contributed by atoms with Crippen LogP contribution in [0.1, 0.15) is 32.4 Å². The van der Waals surface area contributed by atoms with E-state index in [-0.39, 0.29) is 5.41 Å². The predicted octanol–water partition coefficient (Wildman–Crippen LogP) is 3.08. The van der Waals surface area contributed by atoms with Crippen LogP contribution in [0.5, 0.6) is 0 Å². The van der Waals surface area contributed by atoms with E-state index >= 15 is 0 Å². The number of aliphatic imine (C=N–C) groups is 1. The summed E-state index contributed by atoms with van der Waals surface area (Å²) in [7, 11) is 0. The molecule has 2 rings (SSSR count). The minimum Gasteiger partial charge on any atom is -0.364 e. The molecule has 1 aromatic heterocycles. The number of hydrogen-bond acceptors (Lipinski definition) is 1. The molecule has 0 atom stereocenters. The number of nitrogens with one attached hydrogen (secondary N) is 1. The largest absolute Gasteiger partial charge is 0.364 e. The van der Waals surface area contributed by atoms with Crippen molar-refractivity contribution in [2.24, 2.45) is 4.99 Å². The number of hydrogen-bond donors (Lipinski definition) is 1. The van der Waals surface area contributed by atoms with E-state index in [4.69, 9.17) is 0 Å². The van der Waals surface area contributed by atoms with Crippen LogP contribution in [0, 0.1) is 0 Å². The highest BCUT2D eigenvalue weighted by Gasteiger charge is 2.34. The highest BCUT2D eigenvalue weighted by Crippen LogP contribution is 2.33. The van der Waals surface area contributed by atoms with Crippen molar-refractivity contribution in [3.05, 3.63) is 36.2 Å². The van der Waals surface area contributed by atoms with Crippen molar-refractivity contribution in [1.82, 2.24) is 4.98 Å². The highest BCUT2D eigenvalue weighted by molar-refractivity contribution is 6.04. The first-order valence-corrected chi connectivity index (χ1v) is 5.69. The second-order valence-electron chi connectivity index (χ2n) is 4.00. The SMILES string of the molecule is CCC(CC)(C1=NCC=C1)c1ccc[nH]1. The van der Waals surface area contributed by atoms with Crippen molar-refractivity contribution < 1.29 is 0 Å². The summed E-state index contributed by atoms with van der Waals surface area (Å²) >= 11 is 0. The third kappa shape index (κ3) is 1.54. The molecule has 1 aromatic rings. The Labute approximate surface area is 91.1 Å². The quantitative estimate of drug-likeness (QED) is 0.777. The normalized spacial score (nSPS) is 15.7. The summed E-state index contributed by atoms with van der Waals surface area (Å²) in [6.45, 7) is 5.32. The maximum Gasteiger partial charge on any atom is 0.0577 e. The van der Waals surface area contributed by atoms with Gasteiger partial charge in [0.05, 0.1) is 12.0 Å². The number of rotatable bonds is 4. The van der Waals surface area contributed by atoms with Gasteiger partial charge in [0, 0.05) is 17.6 Å². The van der Waals surface area contributed by atoms with Gasteiger partial charge in [-0.15, -0.1) is 0 Å². The molecule has 2 nitrogen and oxygen atoms in total. The van der Waals surface area contributed by atoms with Gasteiger partial charge in [-0.2, -0.15) is 0 Å². The van der Waals surface area contributed by atoms with E-state index in [0.29, 0.717) is 0 Å². The molecule has 1 N–H and O–H groups in total. The summed E-state index contributed by atoms with van der Waals surface area (Å²) in [4.78, 5) is 7.93. The van der Waals surface area contributed by atoms with E-state index in [1.807, 2.05) is 6.20 Å². The molecule has 2 heteroatoms. The Morgan fingerprint density at radius 3 is 2.67 bits per heavy atom. The van der Waals surface area contributed by atoms with Gasteiger partial charge in [0.1, 0.15) is 0 Å². The number of nitrogens with zero attached hydrogens (tertiary/aromatic N) is 1. The van der Waals surface area contributed by atoms with E-state index in [1.54, 1.807) is 0 Å². The van der Waals surface area contributed by atoms with E-state index < -0.39 is 0 Å². The molecule has 0 radical (unpaired) electrons. The molecule has 0 spiro atoms. The Bertz CT molecular complexity index is 367. The van der Waals surface area contributed by atoms with E-state index in [9.17, 15) is 0 Å². The zero-order chi connectivity index (χ0) is 10.7. The average molecular weight is 202 g/mol. The lowest BCUT2D eigenvalue weighted by atomic mass is 9.75. The summed E-state index contributed by atoms with van der Waals surface area (Å²) in [5.74, 6) is 0. The lowest BCUT2D eigenvalue weighted by Crippen LogP contribution is -2.33. The molecule has 0 bridgehead atoms. The Morgan fingerprint density at radius 1 is 1.40 bits per heavy atom. The number of aromatic amines is 1. The van der Waals surface area contributed by atoms with Crippen molar-refractivity contribution in [2.45, 2.75) is 32.1 Å². The standard InChI is InChI=1S/C13H18N2/c1-3-13(4-2,11-7-5-9-14-11)12-8-6-10-15-12/h5-9,14H,3-4,10H2,1-2H3. The van der Waals surface area contributed by atoms with Crippen LogP contribution in [0.3, 0.4) is 0 Å². The van der Waals surface area contributed by atoms with E-state index in [1.165, 1.54) is 11.4 Å². The molecule has 0 saturated heterocycles. The van der Waals surface area contributed by atoms with E-state index in [0.717, 1.165) is 19.4 Å². The monoisotopic (exact) mass is 202 g/mol. The van der Waals surface area contributed by atoms with Crippen LogP contribution in [-0.2, 0) is 5.41 Å². The van der Waals surface area contributed by atoms with Gasteiger partial charge in [0.25, 0.3) is 0 Å². The molecule has 0 saturated carbocycles. The maximum absolute atomic E-state index is 4.59. The second-order valence-corrected chi connectivity index (χ2v) is 4.00. The zero-order valence-corrected chi connectivity index (χ0v) is 9.46. The Balaban J connectivity index is 2.44. The van der Waals surface area contributed by atoms with Gasteiger partial charge in [0.15, 0.2) is 0 Å². The van der Waals surface area contributed by atoms with Crippen LogP contribution in [0.15, 0.2) is 35.5 Å². The summed E-state index contributed by atoms with van der Waals surface area (Å²) in [6.07, 6.45) is 8.49. The maximum atomic E-state index is 4.59. The minimum atomic E-state index is 0.0938. The molecule has 1 aliphatic heterocycles. The fourth-order valence-corrected chi connectivity index (χ4v) is 2.44. The topological polar surface area (TPSA) is 28.1 Å². The van der Waals surface area contributed by atoms with Gasteiger partial charge in [-0.3, -0.25) is 4.99 Å². The highest BCUT2D eigenvalue weighted by atomic mass is 14.8. The minimum absolute atomic E-state index is 0.0938. The van der Waals surface area contributed by atoms with Crippen molar-refractivity contribution in [3.8, 4) is 0 Å². The van der Waals surface area contributed by atoms with Crippen LogP contribution in [0.25, 0.3) is 0 Å². The lowest BCUT2D eigenvalue weighted by Gasteiger charge is -2.30. The molecule has 0 aromatic carbocycles. The van der Waals surface area contributed by atoms with Gasteiger partial charge in [-0.1, -0.05) is 19.9 Å². The fourth-order valence-electron chi connectivity index (χ4n) is 2.44. The first-order valence-electron chi connectivity index (χ1n) is 5.69. The summed E-state index contributed by atoms with van der Waals surface area (Å²) in [5.41, 5.74) is 2.61. The lowest BCUT2D eigenvalue weighted by molar-refractivity contribution is 0.523. The number of H-pyrrole nitrogens is 1. The second kappa shape index (κ2) is 4.05. The summed E-state index contributed by atoms with van der Waals surface area (Å²) < 4.78 is 0. The number of allylic oxidation sites excluding steroid dienone is 1. The molecular weight excluding hydrogens is 184 g/mol. The average Bonchev–Trinajstić information content (AvgIpc) is 2.92. The third-order valence-corrected chi connectivity index (χ3v) is 3.45. The van der Waals surface area contributed by atoms with Crippen molar-refractivity contribution >= 4 is 5.71 Å².